The third kappa shape index (κ3) is 6.85. The number of nitrogens with one attached hydrogen (secondary N) is 2. The zero-order valence-electron chi connectivity index (χ0n) is 19.0. The molecule has 2 aromatic carbocycles. The SMILES string of the molecule is COc1ccc(C(=O)N(CC(=O)Nc2nc(CC(=O)Nc3ccc(F)cc3)cs2)C(C)C)cc1. The predicted octanol–water partition coefficient (Wildman–Crippen LogP) is 3.96. The van der Waals surface area contributed by atoms with Gasteiger partial charge in [-0.05, 0) is 62.4 Å². The van der Waals surface area contributed by atoms with Crippen molar-refractivity contribution in [3.05, 3.63) is 71.0 Å². The number of methoxy groups -OCH3 is 1. The molecule has 1 heterocycles. The van der Waals surface area contributed by atoms with Crippen molar-refractivity contribution in [1.29, 1.82) is 0 Å². The van der Waals surface area contributed by atoms with E-state index in [1.807, 2.05) is 13.8 Å². The van der Waals surface area contributed by atoms with Crippen molar-refractivity contribution in [2.45, 2.75) is 26.3 Å². The van der Waals surface area contributed by atoms with Crippen LogP contribution in [0.5, 0.6) is 5.75 Å². The van der Waals surface area contributed by atoms with Crippen LogP contribution in [0, 0.1) is 5.82 Å². The first-order valence-corrected chi connectivity index (χ1v) is 11.4. The number of hydrogen-bond donors (Lipinski definition) is 2. The highest BCUT2D eigenvalue weighted by atomic mass is 32.1. The van der Waals surface area contributed by atoms with E-state index in [-0.39, 0.29) is 36.6 Å². The fraction of sp³-hybridized carbons (Fsp3) is 0.250. The van der Waals surface area contributed by atoms with Crippen LogP contribution in [0.4, 0.5) is 15.2 Å². The van der Waals surface area contributed by atoms with Gasteiger partial charge in [0.1, 0.15) is 18.1 Å². The van der Waals surface area contributed by atoms with Gasteiger partial charge in [-0.25, -0.2) is 9.37 Å². The van der Waals surface area contributed by atoms with E-state index < -0.39 is 5.91 Å². The van der Waals surface area contributed by atoms with E-state index in [2.05, 4.69) is 15.6 Å². The Morgan fingerprint density at radius 2 is 1.71 bits per heavy atom. The number of nitrogens with zero attached hydrogens (tertiary/aromatic N) is 2. The molecule has 0 radical (unpaired) electrons. The molecule has 0 spiro atoms. The lowest BCUT2D eigenvalue weighted by molar-refractivity contribution is -0.117. The van der Waals surface area contributed by atoms with Crippen LogP contribution >= 0.6 is 11.3 Å². The Morgan fingerprint density at radius 1 is 1.03 bits per heavy atom. The van der Waals surface area contributed by atoms with E-state index in [9.17, 15) is 18.8 Å². The Bertz CT molecular complexity index is 1150. The molecule has 10 heteroatoms. The minimum Gasteiger partial charge on any atom is -0.497 e. The highest BCUT2D eigenvalue weighted by molar-refractivity contribution is 7.13. The molecule has 0 unspecified atom stereocenters. The molecule has 0 saturated carbocycles. The summed E-state index contributed by atoms with van der Waals surface area (Å²) in [7, 11) is 1.55. The number of ether oxygens (including phenoxy) is 1. The number of hydrogen-bond acceptors (Lipinski definition) is 6. The van der Waals surface area contributed by atoms with E-state index in [1.165, 1.54) is 40.5 Å². The van der Waals surface area contributed by atoms with Crippen LogP contribution in [0.2, 0.25) is 0 Å². The maximum Gasteiger partial charge on any atom is 0.254 e. The molecule has 0 bridgehead atoms. The standard InChI is InChI=1S/C24H25FN4O4S/c1-15(2)29(23(32)16-4-10-20(33-3)11-5-16)13-22(31)28-24-27-19(14-34-24)12-21(30)26-18-8-6-17(25)7-9-18/h4-11,14-15H,12-13H2,1-3H3,(H,26,30)(H,27,28,31). The molecule has 178 valence electrons. The van der Waals surface area contributed by atoms with Crippen LogP contribution in [-0.4, -0.2) is 47.3 Å². The van der Waals surface area contributed by atoms with Gasteiger partial charge in [0.05, 0.1) is 19.2 Å². The lowest BCUT2D eigenvalue weighted by Gasteiger charge is -2.26. The summed E-state index contributed by atoms with van der Waals surface area (Å²) in [5.41, 5.74) is 1.41. The summed E-state index contributed by atoms with van der Waals surface area (Å²) >= 11 is 1.18. The van der Waals surface area contributed by atoms with Gasteiger partial charge in [-0.3, -0.25) is 14.4 Å². The number of anilines is 2. The molecule has 0 saturated heterocycles. The number of benzene rings is 2. The van der Waals surface area contributed by atoms with E-state index in [1.54, 1.807) is 36.8 Å². The Balaban J connectivity index is 1.56. The topological polar surface area (TPSA) is 101 Å². The van der Waals surface area contributed by atoms with Crippen molar-refractivity contribution in [2.75, 3.05) is 24.3 Å². The van der Waals surface area contributed by atoms with Crippen LogP contribution in [0.1, 0.15) is 29.9 Å². The lowest BCUT2D eigenvalue weighted by Crippen LogP contribution is -2.42. The number of halogens is 1. The molecule has 1 aromatic heterocycles. The molecule has 0 atom stereocenters. The van der Waals surface area contributed by atoms with Crippen LogP contribution in [0.25, 0.3) is 0 Å². The van der Waals surface area contributed by atoms with E-state index in [0.29, 0.717) is 27.8 Å². The number of aromatic nitrogens is 1. The number of amides is 3. The lowest BCUT2D eigenvalue weighted by atomic mass is 10.1. The van der Waals surface area contributed by atoms with Crippen molar-refractivity contribution < 1.29 is 23.5 Å². The first-order chi connectivity index (χ1) is 16.2. The van der Waals surface area contributed by atoms with Gasteiger partial charge in [0.15, 0.2) is 5.13 Å². The summed E-state index contributed by atoms with van der Waals surface area (Å²) in [4.78, 5) is 43.4. The van der Waals surface area contributed by atoms with E-state index >= 15 is 0 Å². The summed E-state index contributed by atoms with van der Waals surface area (Å²) in [5.74, 6) is -0.737. The molecular formula is C24H25FN4O4S. The van der Waals surface area contributed by atoms with Crippen molar-refractivity contribution >= 4 is 39.9 Å². The molecule has 8 nitrogen and oxygen atoms in total. The molecular weight excluding hydrogens is 459 g/mol. The molecule has 34 heavy (non-hydrogen) atoms. The minimum atomic E-state index is -0.396. The highest BCUT2D eigenvalue weighted by Crippen LogP contribution is 2.18. The van der Waals surface area contributed by atoms with Gasteiger partial charge in [0, 0.05) is 22.7 Å². The van der Waals surface area contributed by atoms with Gasteiger partial charge in [0.2, 0.25) is 11.8 Å². The maximum atomic E-state index is 13.0. The number of carbonyl (C=O) groups is 3. The van der Waals surface area contributed by atoms with Crippen molar-refractivity contribution in [3.8, 4) is 5.75 Å². The normalized spacial score (nSPS) is 10.6. The zero-order valence-corrected chi connectivity index (χ0v) is 19.8. The molecule has 3 amide bonds. The Morgan fingerprint density at radius 3 is 2.32 bits per heavy atom. The molecule has 0 aliphatic carbocycles. The van der Waals surface area contributed by atoms with E-state index in [4.69, 9.17) is 4.74 Å². The minimum absolute atomic E-state index is 0.00216. The van der Waals surface area contributed by atoms with Crippen molar-refractivity contribution in [3.63, 3.8) is 0 Å². The van der Waals surface area contributed by atoms with Crippen molar-refractivity contribution in [2.24, 2.45) is 0 Å². The second-order valence-corrected chi connectivity index (χ2v) is 8.54. The first-order valence-electron chi connectivity index (χ1n) is 10.5. The van der Waals surface area contributed by atoms with Crippen LogP contribution < -0.4 is 15.4 Å². The summed E-state index contributed by atoms with van der Waals surface area (Å²) in [6.45, 7) is 3.51. The van der Waals surface area contributed by atoms with Crippen LogP contribution in [0.15, 0.2) is 53.9 Å². The fourth-order valence-electron chi connectivity index (χ4n) is 3.05. The molecule has 0 aliphatic rings. The highest BCUT2D eigenvalue weighted by Gasteiger charge is 2.22. The van der Waals surface area contributed by atoms with Gasteiger partial charge >= 0.3 is 0 Å². The smallest absolute Gasteiger partial charge is 0.254 e. The third-order valence-electron chi connectivity index (χ3n) is 4.80. The molecule has 2 N–H and O–H groups in total. The monoisotopic (exact) mass is 484 g/mol. The number of thiazole rings is 1. The molecule has 3 rings (SSSR count). The summed E-state index contributed by atoms with van der Waals surface area (Å²) in [6, 6.07) is 11.9. The molecule has 0 aliphatic heterocycles. The third-order valence-corrected chi connectivity index (χ3v) is 5.61. The largest absolute Gasteiger partial charge is 0.497 e. The average Bonchev–Trinajstić information content (AvgIpc) is 3.24. The predicted molar refractivity (Wildman–Crippen MR) is 129 cm³/mol. The Labute approximate surface area is 200 Å². The summed E-state index contributed by atoms with van der Waals surface area (Å²) in [5, 5.41) is 7.34. The first kappa shape index (κ1) is 24.8. The van der Waals surface area contributed by atoms with Gasteiger partial charge in [0.25, 0.3) is 5.91 Å². The quantitative estimate of drug-likeness (QED) is 0.479. The van der Waals surface area contributed by atoms with Crippen molar-refractivity contribution in [1.82, 2.24) is 9.88 Å². The summed E-state index contributed by atoms with van der Waals surface area (Å²) < 4.78 is 18.1. The molecule has 0 fully saturated rings. The second kappa shape index (κ2) is 11.4. The number of rotatable bonds is 9. The zero-order chi connectivity index (χ0) is 24.7. The van der Waals surface area contributed by atoms with Gasteiger partial charge < -0.3 is 20.3 Å². The van der Waals surface area contributed by atoms with Gasteiger partial charge in [-0.1, -0.05) is 0 Å². The fourth-order valence-corrected chi connectivity index (χ4v) is 3.78. The second-order valence-electron chi connectivity index (χ2n) is 7.68. The molecule has 3 aromatic rings. The Kier molecular flexibility index (Phi) is 8.31. The Hall–Kier alpha value is -3.79. The maximum absolute atomic E-state index is 13.0. The van der Waals surface area contributed by atoms with Crippen LogP contribution in [0.3, 0.4) is 0 Å². The average molecular weight is 485 g/mol. The van der Waals surface area contributed by atoms with Crippen LogP contribution in [-0.2, 0) is 16.0 Å². The van der Waals surface area contributed by atoms with Gasteiger partial charge in [-0.15, -0.1) is 11.3 Å². The number of carbonyl (C=O) groups excluding carboxylic acids is 3. The van der Waals surface area contributed by atoms with Gasteiger partial charge in [-0.2, -0.15) is 0 Å². The summed E-state index contributed by atoms with van der Waals surface area (Å²) in [6.07, 6.45) is -0.00216. The van der Waals surface area contributed by atoms with E-state index in [0.717, 1.165) is 0 Å².